The number of benzene rings is 2. The van der Waals surface area contributed by atoms with Gasteiger partial charge in [0.15, 0.2) is 11.6 Å². The summed E-state index contributed by atoms with van der Waals surface area (Å²) in [5, 5.41) is 15.4. The molecule has 0 saturated heterocycles. The van der Waals surface area contributed by atoms with Gasteiger partial charge in [-0.1, -0.05) is 30.3 Å². The quantitative estimate of drug-likeness (QED) is 0.475. The summed E-state index contributed by atoms with van der Waals surface area (Å²) in [6.45, 7) is 0. The van der Waals surface area contributed by atoms with Gasteiger partial charge in [0.25, 0.3) is 0 Å². The van der Waals surface area contributed by atoms with Crippen LogP contribution in [0, 0.1) is 5.82 Å². The zero-order valence-corrected chi connectivity index (χ0v) is 14.6. The molecule has 0 fully saturated rings. The highest BCUT2D eigenvalue weighted by atomic mass is 32.1. The third kappa shape index (κ3) is 2.85. The number of rotatable bonds is 3. The fraction of sp³-hybridized carbons (Fsp3) is 0. The molecule has 2 aromatic carbocycles. The standard InChI is InChI=1S/C19H11FN6S/c20-13-6-3-5-12(11-13)17-23-25-26(24-17)19-14-7-1-2-8-15(14)21-18(22-19)16-9-4-10-27-16/h1-11H. The first-order chi connectivity index (χ1) is 13.3. The molecule has 0 saturated carbocycles. The Morgan fingerprint density at radius 1 is 0.889 bits per heavy atom. The Hall–Kier alpha value is -3.52. The van der Waals surface area contributed by atoms with Crippen LogP contribution in [0.5, 0.6) is 0 Å². The average Bonchev–Trinajstić information content (AvgIpc) is 3.39. The molecule has 0 bridgehead atoms. The second kappa shape index (κ2) is 6.33. The first kappa shape index (κ1) is 15.7. The van der Waals surface area contributed by atoms with Gasteiger partial charge in [-0.2, -0.15) is 0 Å². The molecule has 0 aliphatic carbocycles. The third-order valence-electron chi connectivity index (χ3n) is 4.01. The van der Waals surface area contributed by atoms with Crippen molar-refractivity contribution in [1.82, 2.24) is 30.2 Å². The van der Waals surface area contributed by atoms with Crippen LogP contribution in [0.2, 0.25) is 0 Å². The smallest absolute Gasteiger partial charge is 0.205 e. The van der Waals surface area contributed by atoms with Crippen molar-refractivity contribution in [3.05, 3.63) is 71.9 Å². The Kier molecular flexibility index (Phi) is 3.68. The summed E-state index contributed by atoms with van der Waals surface area (Å²) < 4.78 is 13.5. The molecule has 5 rings (SSSR count). The summed E-state index contributed by atoms with van der Waals surface area (Å²) in [6.07, 6.45) is 0. The molecule has 0 aliphatic heterocycles. The van der Waals surface area contributed by atoms with E-state index in [-0.39, 0.29) is 5.82 Å². The second-order valence-corrected chi connectivity index (χ2v) is 6.73. The summed E-state index contributed by atoms with van der Waals surface area (Å²) >= 11 is 1.56. The predicted molar refractivity (Wildman–Crippen MR) is 101 cm³/mol. The van der Waals surface area contributed by atoms with Crippen molar-refractivity contribution in [3.8, 4) is 27.9 Å². The van der Waals surface area contributed by atoms with Crippen molar-refractivity contribution in [2.45, 2.75) is 0 Å². The number of fused-ring (bicyclic) bond motifs is 1. The second-order valence-electron chi connectivity index (χ2n) is 5.78. The molecule has 0 N–H and O–H groups in total. The lowest BCUT2D eigenvalue weighted by atomic mass is 10.2. The van der Waals surface area contributed by atoms with Crippen LogP contribution in [0.25, 0.3) is 38.8 Å². The van der Waals surface area contributed by atoms with E-state index in [2.05, 4.69) is 25.4 Å². The Labute approximate surface area is 157 Å². The molecule has 6 nitrogen and oxygen atoms in total. The van der Waals surface area contributed by atoms with E-state index in [1.54, 1.807) is 23.5 Å². The number of aromatic nitrogens is 6. The van der Waals surface area contributed by atoms with E-state index in [0.29, 0.717) is 23.0 Å². The monoisotopic (exact) mass is 374 g/mol. The van der Waals surface area contributed by atoms with Gasteiger partial charge >= 0.3 is 0 Å². The number of nitrogens with zero attached hydrogens (tertiary/aromatic N) is 6. The van der Waals surface area contributed by atoms with Crippen LogP contribution in [0.3, 0.4) is 0 Å². The maximum Gasteiger partial charge on any atom is 0.205 e. The van der Waals surface area contributed by atoms with Crippen molar-refractivity contribution < 1.29 is 4.39 Å². The molecule has 3 aromatic heterocycles. The van der Waals surface area contributed by atoms with E-state index in [1.807, 2.05) is 41.8 Å². The Morgan fingerprint density at radius 2 is 1.81 bits per heavy atom. The van der Waals surface area contributed by atoms with E-state index < -0.39 is 0 Å². The number of hydrogen-bond acceptors (Lipinski definition) is 6. The van der Waals surface area contributed by atoms with Gasteiger partial charge in [0.05, 0.1) is 10.4 Å². The first-order valence-corrected chi connectivity index (χ1v) is 9.03. The van der Waals surface area contributed by atoms with Gasteiger partial charge in [-0.25, -0.2) is 14.4 Å². The van der Waals surface area contributed by atoms with E-state index in [0.717, 1.165) is 15.8 Å². The lowest BCUT2D eigenvalue weighted by Gasteiger charge is -2.06. The molecule has 0 radical (unpaired) electrons. The van der Waals surface area contributed by atoms with Crippen LogP contribution in [0.1, 0.15) is 0 Å². The number of para-hydroxylation sites is 1. The van der Waals surface area contributed by atoms with Gasteiger partial charge in [0.1, 0.15) is 5.82 Å². The minimum absolute atomic E-state index is 0.329. The van der Waals surface area contributed by atoms with Gasteiger partial charge in [-0.05, 0) is 40.9 Å². The molecular weight excluding hydrogens is 363 g/mol. The summed E-state index contributed by atoms with van der Waals surface area (Å²) in [7, 11) is 0. The number of hydrogen-bond donors (Lipinski definition) is 0. The summed E-state index contributed by atoms with van der Waals surface area (Å²) in [6, 6.07) is 17.7. The highest BCUT2D eigenvalue weighted by Crippen LogP contribution is 2.26. The Bertz CT molecular complexity index is 1250. The van der Waals surface area contributed by atoms with Crippen molar-refractivity contribution in [1.29, 1.82) is 0 Å². The number of halogens is 1. The van der Waals surface area contributed by atoms with E-state index in [4.69, 9.17) is 0 Å². The lowest BCUT2D eigenvalue weighted by Crippen LogP contribution is -2.05. The predicted octanol–water partition coefficient (Wildman–Crippen LogP) is 4.14. The van der Waals surface area contributed by atoms with Crippen molar-refractivity contribution in [3.63, 3.8) is 0 Å². The molecule has 0 spiro atoms. The minimum atomic E-state index is -0.351. The van der Waals surface area contributed by atoms with E-state index in [1.165, 1.54) is 16.9 Å². The SMILES string of the molecule is Fc1cccc(-c2nnn(-c3nc(-c4cccs4)nc4ccccc34)n2)c1. The van der Waals surface area contributed by atoms with Gasteiger partial charge < -0.3 is 0 Å². The highest BCUT2D eigenvalue weighted by Gasteiger charge is 2.15. The summed E-state index contributed by atoms with van der Waals surface area (Å²) in [5.41, 5.74) is 1.34. The lowest BCUT2D eigenvalue weighted by molar-refractivity contribution is 0.628. The number of tetrazole rings is 1. The van der Waals surface area contributed by atoms with E-state index >= 15 is 0 Å². The zero-order chi connectivity index (χ0) is 18.2. The fourth-order valence-electron chi connectivity index (χ4n) is 2.78. The largest absolute Gasteiger partial charge is 0.227 e. The molecule has 8 heteroatoms. The molecule has 3 heterocycles. The molecular formula is C19H11FN6S. The molecule has 5 aromatic rings. The van der Waals surface area contributed by atoms with Crippen LogP contribution in [-0.4, -0.2) is 30.2 Å². The van der Waals surface area contributed by atoms with Crippen LogP contribution in [-0.2, 0) is 0 Å². The van der Waals surface area contributed by atoms with Crippen LogP contribution in [0.4, 0.5) is 4.39 Å². The van der Waals surface area contributed by atoms with E-state index in [9.17, 15) is 4.39 Å². The normalized spacial score (nSPS) is 11.1. The molecule has 0 atom stereocenters. The van der Waals surface area contributed by atoms with Crippen molar-refractivity contribution >= 4 is 22.2 Å². The summed E-state index contributed by atoms with van der Waals surface area (Å²) in [5.74, 6) is 1.11. The maximum atomic E-state index is 13.5. The van der Waals surface area contributed by atoms with Gasteiger partial charge in [-0.15, -0.1) is 26.3 Å². The minimum Gasteiger partial charge on any atom is -0.227 e. The zero-order valence-electron chi connectivity index (χ0n) is 13.8. The van der Waals surface area contributed by atoms with Crippen LogP contribution in [0.15, 0.2) is 66.0 Å². The van der Waals surface area contributed by atoms with Gasteiger partial charge in [0, 0.05) is 10.9 Å². The molecule has 0 aliphatic rings. The van der Waals surface area contributed by atoms with Crippen LogP contribution >= 0.6 is 11.3 Å². The molecule has 130 valence electrons. The Balaban J connectivity index is 1.69. The Morgan fingerprint density at radius 3 is 2.67 bits per heavy atom. The molecule has 0 unspecified atom stereocenters. The van der Waals surface area contributed by atoms with Crippen molar-refractivity contribution in [2.24, 2.45) is 0 Å². The number of thiophene rings is 1. The van der Waals surface area contributed by atoms with Gasteiger partial charge in [0.2, 0.25) is 5.82 Å². The summed E-state index contributed by atoms with van der Waals surface area (Å²) in [4.78, 5) is 11.6. The van der Waals surface area contributed by atoms with Gasteiger partial charge in [-0.3, -0.25) is 0 Å². The average molecular weight is 374 g/mol. The third-order valence-corrected chi connectivity index (χ3v) is 4.88. The molecule has 0 amide bonds. The maximum absolute atomic E-state index is 13.5. The first-order valence-electron chi connectivity index (χ1n) is 8.15. The highest BCUT2D eigenvalue weighted by molar-refractivity contribution is 7.13. The van der Waals surface area contributed by atoms with Crippen LogP contribution < -0.4 is 0 Å². The fourth-order valence-corrected chi connectivity index (χ4v) is 3.43. The molecule has 27 heavy (non-hydrogen) atoms. The van der Waals surface area contributed by atoms with Crippen molar-refractivity contribution in [2.75, 3.05) is 0 Å². The topological polar surface area (TPSA) is 69.4 Å².